The van der Waals surface area contributed by atoms with Gasteiger partial charge in [0, 0.05) is 69.9 Å². The highest BCUT2D eigenvalue weighted by Gasteiger charge is 2.30. The molecule has 0 saturated carbocycles. The van der Waals surface area contributed by atoms with Crippen LogP contribution < -0.4 is 14.5 Å². The van der Waals surface area contributed by atoms with Gasteiger partial charge in [-0.05, 0) is 87.8 Å². The van der Waals surface area contributed by atoms with E-state index in [4.69, 9.17) is 9.72 Å². The SMILES string of the molecule is Cn1c2ccccc2c2cnc(-n3c4ccccc4c4c(-c5ccccc5)cc(Oc5cc(N6CN(c7ccccc7)c7cc(-c8ccccc8)ccc76)cc(C(C)(C)C)c5)cc43)cc21. The van der Waals surface area contributed by atoms with Crippen molar-refractivity contribution in [3.63, 3.8) is 0 Å². The maximum atomic E-state index is 7.20. The topological polar surface area (TPSA) is 38.5 Å². The number of benzene rings is 8. The molecule has 0 fully saturated rings. The summed E-state index contributed by atoms with van der Waals surface area (Å²) in [7, 11) is 2.14. The highest BCUT2D eigenvalue weighted by Crippen LogP contribution is 2.48. The minimum Gasteiger partial charge on any atom is -0.457 e. The predicted molar refractivity (Wildman–Crippen MR) is 271 cm³/mol. The number of nitrogens with zero attached hydrogens (tertiary/aromatic N) is 5. The highest BCUT2D eigenvalue weighted by atomic mass is 16.5. The fourth-order valence-electron chi connectivity index (χ4n) is 9.87. The third kappa shape index (κ3) is 6.52. The molecule has 0 saturated heterocycles. The van der Waals surface area contributed by atoms with E-state index in [1.165, 1.54) is 33.3 Å². The number of ether oxygens (including phenoxy) is 1. The molecule has 0 N–H and O–H groups in total. The van der Waals surface area contributed by atoms with Crippen molar-refractivity contribution in [2.45, 2.75) is 26.2 Å². The van der Waals surface area contributed by atoms with Crippen molar-refractivity contribution < 1.29 is 4.74 Å². The molecule has 12 rings (SSSR count). The summed E-state index contributed by atoms with van der Waals surface area (Å²) in [5.41, 5.74) is 14.6. The smallest absolute Gasteiger partial charge is 0.139 e. The molecule has 11 aromatic rings. The first-order chi connectivity index (χ1) is 31.8. The Bertz CT molecular complexity index is 3600. The number of anilines is 4. The zero-order valence-electron chi connectivity index (χ0n) is 36.9. The van der Waals surface area contributed by atoms with Crippen molar-refractivity contribution >= 4 is 66.4 Å². The minimum absolute atomic E-state index is 0.148. The first-order valence-corrected chi connectivity index (χ1v) is 22.4. The van der Waals surface area contributed by atoms with E-state index in [0.717, 1.165) is 78.2 Å². The number of hydrogen-bond acceptors (Lipinski definition) is 4. The van der Waals surface area contributed by atoms with Crippen LogP contribution in [0.2, 0.25) is 0 Å². The molecule has 65 heavy (non-hydrogen) atoms. The van der Waals surface area contributed by atoms with Gasteiger partial charge in [-0.25, -0.2) is 4.98 Å². The van der Waals surface area contributed by atoms with Gasteiger partial charge in [-0.3, -0.25) is 4.57 Å². The van der Waals surface area contributed by atoms with Gasteiger partial charge in [-0.2, -0.15) is 0 Å². The molecule has 1 aliphatic heterocycles. The van der Waals surface area contributed by atoms with Crippen molar-refractivity contribution in [3.05, 3.63) is 206 Å². The summed E-state index contributed by atoms with van der Waals surface area (Å²) in [6, 6.07) is 69.5. The fraction of sp³-hybridized carbons (Fsp3) is 0.102. The third-order valence-electron chi connectivity index (χ3n) is 13.2. The molecule has 8 aromatic carbocycles. The number of fused-ring (bicyclic) bond motifs is 7. The normalized spacial score (nSPS) is 12.8. The third-order valence-corrected chi connectivity index (χ3v) is 13.2. The van der Waals surface area contributed by atoms with Crippen LogP contribution in [0, 0.1) is 0 Å². The molecular weight excluding hydrogens is 795 g/mol. The molecule has 0 aliphatic carbocycles. The van der Waals surface area contributed by atoms with Crippen molar-refractivity contribution in [1.29, 1.82) is 0 Å². The zero-order chi connectivity index (χ0) is 43.8. The van der Waals surface area contributed by atoms with E-state index < -0.39 is 0 Å². The van der Waals surface area contributed by atoms with Crippen LogP contribution in [0.4, 0.5) is 22.7 Å². The van der Waals surface area contributed by atoms with Crippen molar-refractivity contribution in [2.75, 3.05) is 16.5 Å². The summed E-state index contributed by atoms with van der Waals surface area (Å²) in [5, 5.41) is 4.66. The van der Waals surface area contributed by atoms with E-state index in [0.29, 0.717) is 6.67 Å². The van der Waals surface area contributed by atoms with Crippen LogP contribution in [0.25, 0.3) is 71.7 Å². The van der Waals surface area contributed by atoms with Gasteiger partial charge in [0.05, 0.1) is 27.9 Å². The second-order valence-corrected chi connectivity index (χ2v) is 18.2. The Balaban J connectivity index is 1.03. The molecule has 4 heterocycles. The number of pyridine rings is 1. The first kappa shape index (κ1) is 38.6. The first-order valence-electron chi connectivity index (χ1n) is 22.4. The van der Waals surface area contributed by atoms with Gasteiger partial charge >= 0.3 is 0 Å². The fourth-order valence-corrected chi connectivity index (χ4v) is 9.87. The second kappa shape index (κ2) is 15.0. The average Bonchev–Trinajstić information content (AvgIpc) is 3.99. The van der Waals surface area contributed by atoms with Crippen molar-refractivity contribution in [1.82, 2.24) is 14.1 Å². The molecule has 0 bridgehead atoms. The number of rotatable bonds is 7. The highest BCUT2D eigenvalue weighted by molar-refractivity contribution is 6.16. The minimum atomic E-state index is -0.148. The molecule has 314 valence electrons. The molecule has 6 heteroatoms. The maximum absolute atomic E-state index is 7.20. The van der Waals surface area contributed by atoms with Gasteiger partial charge in [0.2, 0.25) is 0 Å². The van der Waals surface area contributed by atoms with E-state index in [1.54, 1.807) is 0 Å². The standard InChI is InChI=1S/C59H47N5O/c1-59(2,3)42-31-44(63-38-62(43-22-12-7-13-23-43)55-30-41(28-29-53(55)63)39-18-8-5-9-19-39)33-45(32-42)65-46-34-49(40-20-10-6-11-21-40)58-48-25-15-17-27-52(48)64(56(58)35-46)57-36-54-50(37-60-57)47-24-14-16-26-51(47)61(54)4/h5-37H,38H2,1-4H3. The summed E-state index contributed by atoms with van der Waals surface area (Å²) >= 11 is 0. The van der Waals surface area contributed by atoms with E-state index in [1.807, 2.05) is 6.20 Å². The summed E-state index contributed by atoms with van der Waals surface area (Å²) in [6.45, 7) is 7.47. The lowest BCUT2D eigenvalue weighted by Crippen LogP contribution is -2.24. The number of para-hydroxylation sites is 3. The Morgan fingerprint density at radius 3 is 1.88 bits per heavy atom. The molecule has 0 atom stereocenters. The van der Waals surface area contributed by atoms with Crippen LogP contribution >= 0.6 is 0 Å². The van der Waals surface area contributed by atoms with Gasteiger partial charge in [0.15, 0.2) is 0 Å². The lowest BCUT2D eigenvalue weighted by molar-refractivity contribution is 0.479. The summed E-state index contributed by atoms with van der Waals surface area (Å²) in [6.07, 6.45) is 2.03. The number of hydrogen-bond donors (Lipinski definition) is 0. The quantitative estimate of drug-likeness (QED) is 0.160. The summed E-state index contributed by atoms with van der Waals surface area (Å²) < 4.78 is 11.8. The van der Waals surface area contributed by atoms with Crippen LogP contribution in [0.1, 0.15) is 26.3 Å². The summed E-state index contributed by atoms with van der Waals surface area (Å²) in [4.78, 5) is 10.0. The molecule has 3 aromatic heterocycles. The van der Waals surface area contributed by atoms with E-state index in [9.17, 15) is 0 Å². The van der Waals surface area contributed by atoms with Crippen LogP contribution in [0.15, 0.2) is 200 Å². The number of aromatic nitrogens is 3. The molecule has 0 amide bonds. The average molecular weight is 842 g/mol. The molecule has 0 spiro atoms. The van der Waals surface area contributed by atoms with Gasteiger partial charge in [0.25, 0.3) is 0 Å². The maximum Gasteiger partial charge on any atom is 0.139 e. The monoisotopic (exact) mass is 841 g/mol. The number of aryl methyl sites for hydroxylation is 1. The summed E-state index contributed by atoms with van der Waals surface area (Å²) in [5.74, 6) is 2.39. The van der Waals surface area contributed by atoms with Crippen LogP contribution in [-0.2, 0) is 12.5 Å². The molecule has 6 nitrogen and oxygen atoms in total. The zero-order valence-corrected chi connectivity index (χ0v) is 36.9. The Morgan fingerprint density at radius 2 is 1.12 bits per heavy atom. The van der Waals surface area contributed by atoms with Crippen molar-refractivity contribution in [3.8, 4) is 39.6 Å². The molecular formula is C59H47N5O. The van der Waals surface area contributed by atoms with Crippen LogP contribution in [0.5, 0.6) is 11.5 Å². The molecule has 0 unspecified atom stereocenters. The van der Waals surface area contributed by atoms with Crippen LogP contribution in [-0.4, -0.2) is 20.8 Å². The van der Waals surface area contributed by atoms with Gasteiger partial charge in [0.1, 0.15) is 24.0 Å². The Hall–Kier alpha value is -8.09. The molecule has 0 radical (unpaired) electrons. The van der Waals surface area contributed by atoms with Gasteiger partial charge in [-0.1, -0.05) is 142 Å². The van der Waals surface area contributed by atoms with Gasteiger partial charge < -0.3 is 19.1 Å². The Kier molecular flexibility index (Phi) is 8.92. The predicted octanol–water partition coefficient (Wildman–Crippen LogP) is 15.5. The molecule has 1 aliphatic rings. The van der Waals surface area contributed by atoms with Crippen molar-refractivity contribution in [2.24, 2.45) is 7.05 Å². The van der Waals surface area contributed by atoms with Gasteiger partial charge in [-0.15, -0.1) is 0 Å². The van der Waals surface area contributed by atoms with E-state index in [2.05, 4.69) is 241 Å². The van der Waals surface area contributed by atoms with E-state index >= 15 is 0 Å². The largest absolute Gasteiger partial charge is 0.457 e. The Morgan fingerprint density at radius 1 is 0.477 bits per heavy atom. The van der Waals surface area contributed by atoms with Crippen LogP contribution in [0.3, 0.4) is 0 Å². The lowest BCUT2D eigenvalue weighted by atomic mass is 9.86. The lowest BCUT2D eigenvalue weighted by Gasteiger charge is -2.26. The Labute approximate surface area is 378 Å². The second-order valence-electron chi connectivity index (χ2n) is 18.2. The van der Waals surface area contributed by atoms with E-state index in [-0.39, 0.29) is 5.41 Å².